The number of nitrogens with one attached hydrogen (secondary N) is 1. The number of carbonyl (C=O) groups excluding carboxylic acids is 1. The summed E-state index contributed by atoms with van der Waals surface area (Å²) in [5.74, 6) is 0.119. The number of aryl methyl sites for hydroxylation is 1. The number of amides is 1. The highest BCUT2D eigenvalue weighted by atomic mass is 16.2. The van der Waals surface area contributed by atoms with Crippen LogP contribution >= 0.6 is 0 Å². The van der Waals surface area contributed by atoms with Gasteiger partial charge in [0.1, 0.15) is 0 Å². The molecule has 0 aliphatic rings. The van der Waals surface area contributed by atoms with Gasteiger partial charge in [-0.1, -0.05) is 6.92 Å². The molecule has 0 radical (unpaired) electrons. The molecule has 0 fully saturated rings. The largest absolute Gasteiger partial charge is 0.345 e. The topological polar surface area (TPSA) is 50.2 Å². The van der Waals surface area contributed by atoms with E-state index in [0.717, 1.165) is 25.2 Å². The van der Waals surface area contributed by atoms with Gasteiger partial charge in [0.2, 0.25) is 5.91 Å². The predicted octanol–water partition coefficient (Wildman–Crippen LogP) is 0.861. The third-order valence-electron chi connectivity index (χ3n) is 2.75. The Kier molecular flexibility index (Phi) is 5.69. The maximum atomic E-state index is 11.6. The number of aromatic nitrogens is 2. The second-order valence-corrected chi connectivity index (χ2v) is 4.09. The van der Waals surface area contributed by atoms with Gasteiger partial charge in [0.15, 0.2) is 0 Å². The molecule has 0 aliphatic carbocycles. The summed E-state index contributed by atoms with van der Waals surface area (Å²) in [6.45, 7) is 6.88. The molecule has 0 atom stereocenters. The molecule has 0 aliphatic heterocycles. The minimum Gasteiger partial charge on any atom is -0.345 e. The zero-order valence-corrected chi connectivity index (χ0v) is 10.9. The summed E-state index contributed by atoms with van der Waals surface area (Å²) in [5.41, 5.74) is 1.12. The summed E-state index contributed by atoms with van der Waals surface area (Å²) >= 11 is 0. The fraction of sp³-hybridized carbons (Fsp3) is 0.667. The predicted molar refractivity (Wildman–Crippen MR) is 67.5 cm³/mol. The van der Waals surface area contributed by atoms with Gasteiger partial charge in [0.05, 0.1) is 18.6 Å². The van der Waals surface area contributed by atoms with Crippen LogP contribution in [0.2, 0.25) is 0 Å². The number of likely N-dealkylation sites (N-methyl/N-ethyl adjacent to an activating group) is 1. The van der Waals surface area contributed by atoms with Gasteiger partial charge < -0.3 is 14.8 Å². The van der Waals surface area contributed by atoms with Crippen molar-refractivity contribution in [3.8, 4) is 0 Å². The van der Waals surface area contributed by atoms with Crippen LogP contribution in [0.5, 0.6) is 0 Å². The Morgan fingerprint density at radius 2 is 2.29 bits per heavy atom. The standard InChI is InChI=1S/C12H22N4O/c1-4-6-16-10-14-8-11(16)7-13-9-12(17)15(3)5-2/h8,10,13H,4-7,9H2,1-3H3. The van der Waals surface area contributed by atoms with Crippen LogP contribution in [0.25, 0.3) is 0 Å². The zero-order valence-electron chi connectivity index (χ0n) is 10.9. The van der Waals surface area contributed by atoms with E-state index < -0.39 is 0 Å². The van der Waals surface area contributed by atoms with Crippen LogP contribution in [-0.4, -0.2) is 40.5 Å². The van der Waals surface area contributed by atoms with E-state index in [1.54, 1.807) is 4.90 Å². The third-order valence-corrected chi connectivity index (χ3v) is 2.75. The first-order valence-electron chi connectivity index (χ1n) is 6.12. The Morgan fingerprint density at radius 3 is 2.94 bits per heavy atom. The summed E-state index contributed by atoms with van der Waals surface area (Å²) in [5, 5.41) is 3.15. The fourth-order valence-electron chi connectivity index (χ4n) is 1.55. The third kappa shape index (κ3) is 4.19. The molecule has 0 saturated heterocycles. The van der Waals surface area contributed by atoms with Crippen molar-refractivity contribution in [2.24, 2.45) is 0 Å². The SMILES string of the molecule is CCCn1cncc1CNCC(=O)N(C)CC. The lowest BCUT2D eigenvalue weighted by Crippen LogP contribution is -2.35. The average Bonchev–Trinajstić information content (AvgIpc) is 2.76. The summed E-state index contributed by atoms with van der Waals surface area (Å²) in [6, 6.07) is 0. The molecule has 1 amide bonds. The molecule has 1 N–H and O–H groups in total. The molecule has 96 valence electrons. The van der Waals surface area contributed by atoms with Crippen molar-refractivity contribution >= 4 is 5.91 Å². The van der Waals surface area contributed by atoms with Gasteiger partial charge in [-0.05, 0) is 13.3 Å². The van der Waals surface area contributed by atoms with Crippen LogP contribution in [0, 0.1) is 0 Å². The molecule has 0 saturated carbocycles. The average molecular weight is 238 g/mol. The van der Waals surface area contributed by atoms with Gasteiger partial charge in [-0.2, -0.15) is 0 Å². The fourth-order valence-corrected chi connectivity index (χ4v) is 1.55. The number of rotatable bonds is 7. The van der Waals surface area contributed by atoms with Gasteiger partial charge in [0.25, 0.3) is 0 Å². The van der Waals surface area contributed by atoms with Gasteiger partial charge >= 0.3 is 0 Å². The van der Waals surface area contributed by atoms with Gasteiger partial charge in [-0.3, -0.25) is 4.79 Å². The van der Waals surface area contributed by atoms with Crippen molar-refractivity contribution in [2.75, 3.05) is 20.1 Å². The molecule has 1 aromatic heterocycles. The van der Waals surface area contributed by atoms with Crippen molar-refractivity contribution in [3.05, 3.63) is 18.2 Å². The van der Waals surface area contributed by atoms with Crippen LogP contribution in [-0.2, 0) is 17.9 Å². The van der Waals surface area contributed by atoms with Crippen molar-refractivity contribution in [1.82, 2.24) is 19.8 Å². The van der Waals surface area contributed by atoms with Crippen molar-refractivity contribution in [1.29, 1.82) is 0 Å². The first-order valence-corrected chi connectivity index (χ1v) is 6.12. The van der Waals surface area contributed by atoms with E-state index in [0.29, 0.717) is 13.1 Å². The lowest BCUT2D eigenvalue weighted by Gasteiger charge is -2.15. The van der Waals surface area contributed by atoms with Crippen LogP contribution in [0.3, 0.4) is 0 Å². The molecule has 1 heterocycles. The second-order valence-electron chi connectivity index (χ2n) is 4.09. The van der Waals surface area contributed by atoms with E-state index in [2.05, 4.69) is 21.8 Å². The highest BCUT2D eigenvalue weighted by Gasteiger charge is 2.06. The number of hydrogen-bond donors (Lipinski definition) is 1. The number of nitrogens with zero attached hydrogens (tertiary/aromatic N) is 3. The maximum absolute atomic E-state index is 11.6. The normalized spacial score (nSPS) is 10.5. The first-order chi connectivity index (χ1) is 8.19. The van der Waals surface area contributed by atoms with Crippen molar-refractivity contribution in [2.45, 2.75) is 33.4 Å². The Hall–Kier alpha value is -1.36. The van der Waals surface area contributed by atoms with Gasteiger partial charge in [-0.25, -0.2) is 4.98 Å². The van der Waals surface area contributed by atoms with E-state index >= 15 is 0 Å². The van der Waals surface area contributed by atoms with Crippen LogP contribution in [0.4, 0.5) is 0 Å². The maximum Gasteiger partial charge on any atom is 0.236 e. The first kappa shape index (κ1) is 13.7. The van der Waals surface area contributed by atoms with Crippen LogP contribution < -0.4 is 5.32 Å². The molecule has 0 spiro atoms. The van der Waals surface area contributed by atoms with Gasteiger partial charge in [-0.15, -0.1) is 0 Å². The molecular weight excluding hydrogens is 216 g/mol. The quantitative estimate of drug-likeness (QED) is 0.766. The highest BCUT2D eigenvalue weighted by Crippen LogP contribution is 2.00. The number of hydrogen-bond acceptors (Lipinski definition) is 3. The van der Waals surface area contributed by atoms with Gasteiger partial charge in [0, 0.05) is 32.9 Å². The summed E-state index contributed by atoms with van der Waals surface area (Å²) in [4.78, 5) is 17.4. The Morgan fingerprint density at radius 1 is 1.53 bits per heavy atom. The zero-order chi connectivity index (χ0) is 12.7. The Labute approximate surface area is 103 Å². The Bertz CT molecular complexity index is 348. The Balaban J connectivity index is 2.35. The van der Waals surface area contributed by atoms with E-state index in [1.807, 2.05) is 26.5 Å². The van der Waals surface area contributed by atoms with E-state index in [-0.39, 0.29) is 5.91 Å². The van der Waals surface area contributed by atoms with E-state index in [9.17, 15) is 4.79 Å². The molecule has 1 aromatic rings. The molecule has 5 heteroatoms. The van der Waals surface area contributed by atoms with Crippen LogP contribution in [0.15, 0.2) is 12.5 Å². The lowest BCUT2D eigenvalue weighted by molar-refractivity contribution is -0.128. The number of carbonyl (C=O) groups is 1. The number of imidazole rings is 1. The van der Waals surface area contributed by atoms with Crippen molar-refractivity contribution in [3.63, 3.8) is 0 Å². The molecule has 0 aromatic carbocycles. The van der Waals surface area contributed by atoms with Crippen LogP contribution in [0.1, 0.15) is 26.0 Å². The highest BCUT2D eigenvalue weighted by molar-refractivity contribution is 5.77. The smallest absolute Gasteiger partial charge is 0.236 e. The molecule has 17 heavy (non-hydrogen) atoms. The molecule has 5 nitrogen and oxygen atoms in total. The minimum atomic E-state index is 0.119. The molecule has 0 bridgehead atoms. The van der Waals surface area contributed by atoms with Crippen molar-refractivity contribution < 1.29 is 4.79 Å². The van der Waals surface area contributed by atoms with E-state index in [4.69, 9.17) is 0 Å². The lowest BCUT2D eigenvalue weighted by atomic mass is 10.4. The minimum absolute atomic E-state index is 0.119. The summed E-state index contributed by atoms with van der Waals surface area (Å²) in [7, 11) is 1.81. The monoisotopic (exact) mass is 238 g/mol. The molecule has 1 rings (SSSR count). The summed E-state index contributed by atoms with van der Waals surface area (Å²) in [6.07, 6.45) is 4.76. The molecular formula is C12H22N4O. The second kappa shape index (κ2) is 7.06. The summed E-state index contributed by atoms with van der Waals surface area (Å²) < 4.78 is 2.11. The van der Waals surface area contributed by atoms with E-state index in [1.165, 1.54) is 0 Å². The molecule has 0 unspecified atom stereocenters.